The lowest BCUT2D eigenvalue weighted by Crippen LogP contribution is -2.29. The second kappa shape index (κ2) is 4.48. The number of hydrogen-bond donors (Lipinski definition) is 0. The van der Waals surface area contributed by atoms with Crippen LogP contribution in [0.25, 0.3) is 10.9 Å². The molecule has 2 aromatic carbocycles. The fraction of sp³-hybridized carbons (Fsp3) is 0.167. The van der Waals surface area contributed by atoms with Crippen LogP contribution in [0.15, 0.2) is 54.7 Å². The molecule has 0 aliphatic carbocycles. The van der Waals surface area contributed by atoms with Crippen molar-refractivity contribution in [2.75, 3.05) is 11.4 Å². The molecule has 1 aromatic heterocycles. The summed E-state index contributed by atoms with van der Waals surface area (Å²) < 4.78 is 2.02. The average Bonchev–Trinajstić information content (AvgIpc) is 3.11. The zero-order chi connectivity index (χ0) is 14.4. The summed E-state index contributed by atoms with van der Waals surface area (Å²) in [5, 5.41) is 1.11. The largest absolute Gasteiger partial charge is 0.350 e. The molecule has 0 bridgehead atoms. The van der Waals surface area contributed by atoms with E-state index in [0.29, 0.717) is 0 Å². The highest BCUT2D eigenvalue weighted by Gasteiger charge is 2.26. The van der Waals surface area contributed by atoms with Crippen LogP contribution >= 0.6 is 0 Å². The van der Waals surface area contributed by atoms with Crippen molar-refractivity contribution in [3.63, 3.8) is 0 Å². The Bertz CT molecular complexity index is 847. The number of aryl methyl sites for hydroxylation is 1. The van der Waals surface area contributed by atoms with Crippen LogP contribution in [0.2, 0.25) is 0 Å². The van der Waals surface area contributed by atoms with Crippen LogP contribution in [-0.4, -0.2) is 17.0 Å². The number of nitrogens with zero attached hydrogens (tertiary/aromatic N) is 2. The van der Waals surface area contributed by atoms with Crippen molar-refractivity contribution < 1.29 is 4.79 Å². The first-order valence-corrected chi connectivity index (χ1v) is 7.19. The standard InChI is InChI=1S/C18H16N2O/c1-19-11-9-14-6-4-7-15(17(14)19)18(21)20-12-10-13-5-2-3-8-16(13)20/h2-9,11H,10,12H2,1H3. The van der Waals surface area contributed by atoms with Crippen LogP contribution in [0.1, 0.15) is 15.9 Å². The molecule has 3 aromatic rings. The molecule has 0 radical (unpaired) electrons. The van der Waals surface area contributed by atoms with Gasteiger partial charge in [0, 0.05) is 30.9 Å². The maximum absolute atomic E-state index is 13.0. The van der Waals surface area contributed by atoms with E-state index in [9.17, 15) is 4.79 Å². The van der Waals surface area contributed by atoms with Crippen LogP contribution < -0.4 is 4.90 Å². The summed E-state index contributed by atoms with van der Waals surface area (Å²) in [6, 6.07) is 16.1. The Morgan fingerprint density at radius 1 is 1.05 bits per heavy atom. The van der Waals surface area contributed by atoms with Crippen LogP contribution in [0.4, 0.5) is 5.69 Å². The van der Waals surface area contributed by atoms with Gasteiger partial charge in [-0.05, 0) is 30.2 Å². The minimum atomic E-state index is 0.0901. The number of benzene rings is 2. The SMILES string of the molecule is Cn1ccc2cccc(C(=O)N3CCc4ccccc43)c21. The highest BCUT2D eigenvalue weighted by atomic mass is 16.2. The molecule has 0 unspecified atom stereocenters. The topological polar surface area (TPSA) is 25.2 Å². The Morgan fingerprint density at radius 2 is 1.90 bits per heavy atom. The van der Waals surface area contributed by atoms with Crippen molar-refractivity contribution in [1.29, 1.82) is 0 Å². The van der Waals surface area contributed by atoms with E-state index in [2.05, 4.69) is 6.07 Å². The summed E-state index contributed by atoms with van der Waals surface area (Å²) in [6.45, 7) is 0.763. The molecule has 0 atom stereocenters. The average molecular weight is 276 g/mol. The molecule has 3 heteroatoms. The van der Waals surface area contributed by atoms with Gasteiger partial charge in [-0.2, -0.15) is 0 Å². The predicted molar refractivity (Wildman–Crippen MR) is 84.7 cm³/mol. The lowest BCUT2D eigenvalue weighted by atomic mass is 10.1. The molecule has 3 nitrogen and oxygen atoms in total. The van der Waals surface area contributed by atoms with Crippen molar-refractivity contribution in [2.45, 2.75) is 6.42 Å². The highest BCUT2D eigenvalue weighted by molar-refractivity contribution is 6.14. The molecule has 1 aliphatic rings. The van der Waals surface area contributed by atoms with Gasteiger partial charge in [-0.3, -0.25) is 4.79 Å². The first kappa shape index (κ1) is 12.2. The number of carbonyl (C=O) groups is 1. The van der Waals surface area contributed by atoms with Gasteiger partial charge in [0.25, 0.3) is 5.91 Å². The minimum absolute atomic E-state index is 0.0901. The number of hydrogen-bond acceptors (Lipinski definition) is 1. The quantitative estimate of drug-likeness (QED) is 0.669. The van der Waals surface area contributed by atoms with E-state index in [1.807, 2.05) is 65.2 Å². The van der Waals surface area contributed by atoms with E-state index in [0.717, 1.165) is 35.1 Å². The van der Waals surface area contributed by atoms with E-state index < -0.39 is 0 Å². The van der Waals surface area contributed by atoms with Gasteiger partial charge in [0.15, 0.2) is 0 Å². The van der Waals surface area contributed by atoms with Gasteiger partial charge < -0.3 is 9.47 Å². The monoisotopic (exact) mass is 276 g/mol. The molecule has 0 spiro atoms. The molecular formula is C18H16N2O. The van der Waals surface area contributed by atoms with Gasteiger partial charge >= 0.3 is 0 Å². The maximum Gasteiger partial charge on any atom is 0.260 e. The molecule has 0 fully saturated rings. The smallest absolute Gasteiger partial charge is 0.260 e. The summed E-state index contributed by atoms with van der Waals surface area (Å²) in [6.07, 6.45) is 2.93. The lowest BCUT2D eigenvalue weighted by molar-refractivity contribution is 0.0990. The summed E-state index contributed by atoms with van der Waals surface area (Å²) in [5.41, 5.74) is 4.09. The Labute approximate surface area is 123 Å². The molecule has 1 aliphatic heterocycles. The third kappa shape index (κ3) is 1.77. The molecule has 0 N–H and O–H groups in total. The molecule has 1 amide bonds. The van der Waals surface area contributed by atoms with Gasteiger partial charge in [-0.25, -0.2) is 0 Å². The summed E-state index contributed by atoms with van der Waals surface area (Å²) in [7, 11) is 1.98. The summed E-state index contributed by atoms with van der Waals surface area (Å²) in [4.78, 5) is 14.9. The Balaban J connectivity index is 1.83. The van der Waals surface area contributed by atoms with Gasteiger partial charge in [0.1, 0.15) is 0 Å². The van der Waals surface area contributed by atoms with Crippen LogP contribution in [-0.2, 0) is 13.5 Å². The van der Waals surface area contributed by atoms with Gasteiger partial charge in [0.05, 0.1) is 11.1 Å². The van der Waals surface area contributed by atoms with Gasteiger partial charge in [-0.1, -0.05) is 30.3 Å². The van der Waals surface area contributed by atoms with Crippen LogP contribution in [0.5, 0.6) is 0 Å². The Hall–Kier alpha value is -2.55. The van der Waals surface area contributed by atoms with Crippen LogP contribution in [0, 0.1) is 0 Å². The zero-order valence-corrected chi connectivity index (χ0v) is 11.9. The number of aromatic nitrogens is 1. The minimum Gasteiger partial charge on any atom is -0.350 e. The molecule has 2 heterocycles. The molecule has 0 saturated carbocycles. The molecule has 21 heavy (non-hydrogen) atoms. The lowest BCUT2D eigenvalue weighted by Gasteiger charge is -2.18. The predicted octanol–water partition coefficient (Wildman–Crippen LogP) is 3.38. The summed E-state index contributed by atoms with van der Waals surface area (Å²) >= 11 is 0. The Kier molecular flexibility index (Phi) is 2.61. The van der Waals surface area contributed by atoms with Crippen molar-refractivity contribution in [3.05, 3.63) is 65.9 Å². The first-order chi connectivity index (χ1) is 10.3. The number of para-hydroxylation sites is 2. The Morgan fingerprint density at radius 3 is 2.81 bits per heavy atom. The van der Waals surface area contributed by atoms with E-state index in [1.165, 1.54) is 5.56 Å². The van der Waals surface area contributed by atoms with Gasteiger partial charge in [-0.15, -0.1) is 0 Å². The fourth-order valence-corrected chi connectivity index (χ4v) is 3.22. The normalized spacial score (nSPS) is 13.7. The number of anilines is 1. The van der Waals surface area contributed by atoms with E-state index in [1.54, 1.807) is 0 Å². The molecule has 0 saturated heterocycles. The van der Waals surface area contributed by atoms with Crippen molar-refractivity contribution in [1.82, 2.24) is 4.57 Å². The van der Waals surface area contributed by atoms with Crippen LogP contribution in [0.3, 0.4) is 0 Å². The number of carbonyl (C=O) groups excluding carboxylic acids is 1. The second-order valence-electron chi connectivity index (χ2n) is 5.51. The van der Waals surface area contributed by atoms with Gasteiger partial charge in [0.2, 0.25) is 0 Å². The second-order valence-corrected chi connectivity index (χ2v) is 5.51. The number of amides is 1. The van der Waals surface area contributed by atoms with Crippen molar-refractivity contribution >= 4 is 22.5 Å². The number of rotatable bonds is 1. The molecule has 4 rings (SSSR count). The third-order valence-electron chi connectivity index (χ3n) is 4.26. The highest BCUT2D eigenvalue weighted by Crippen LogP contribution is 2.30. The maximum atomic E-state index is 13.0. The van der Waals surface area contributed by atoms with E-state index >= 15 is 0 Å². The fourth-order valence-electron chi connectivity index (χ4n) is 3.22. The van der Waals surface area contributed by atoms with Crippen molar-refractivity contribution in [2.24, 2.45) is 7.05 Å². The third-order valence-corrected chi connectivity index (χ3v) is 4.26. The first-order valence-electron chi connectivity index (χ1n) is 7.19. The summed E-state index contributed by atoms with van der Waals surface area (Å²) in [5.74, 6) is 0.0901. The van der Waals surface area contributed by atoms with Crippen molar-refractivity contribution in [3.8, 4) is 0 Å². The number of fused-ring (bicyclic) bond motifs is 2. The zero-order valence-electron chi connectivity index (χ0n) is 11.9. The van der Waals surface area contributed by atoms with E-state index in [4.69, 9.17) is 0 Å². The van der Waals surface area contributed by atoms with E-state index in [-0.39, 0.29) is 5.91 Å². The molecular weight excluding hydrogens is 260 g/mol. The molecule has 104 valence electrons.